The molecule has 9 heteroatoms. The fourth-order valence-electron chi connectivity index (χ4n) is 3.89. The summed E-state index contributed by atoms with van der Waals surface area (Å²) in [7, 11) is 2.91. The summed E-state index contributed by atoms with van der Waals surface area (Å²) in [5.41, 5.74) is 3.35. The van der Waals surface area contributed by atoms with Gasteiger partial charge in [0.2, 0.25) is 0 Å². The summed E-state index contributed by atoms with van der Waals surface area (Å²) in [4.78, 5) is 33.0. The first-order valence-electron chi connectivity index (χ1n) is 10.7. The van der Waals surface area contributed by atoms with Crippen molar-refractivity contribution < 1.29 is 18.7 Å². The zero-order valence-electron chi connectivity index (χ0n) is 19.1. The number of fused-ring (bicyclic) bond motifs is 1. The van der Waals surface area contributed by atoms with Gasteiger partial charge in [-0.3, -0.25) is 19.7 Å². The van der Waals surface area contributed by atoms with Gasteiger partial charge in [-0.25, -0.2) is 9.07 Å². The molecule has 2 heterocycles. The van der Waals surface area contributed by atoms with Crippen molar-refractivity contribution in [3.8, 4) is 11.4 Å². The normalized spacial score (nSPS) is 11.7. The van der Waals surface area contributed by atoms with Gasteiger partial charge < -0.3 is 14.5 Å². The molecule has 4 rings (SSSR count). The average molecular weight is 464 g/mol. The molecule has 8 nitrogen and oxygen atoms in total. The van der Waals surface area contributed by atoms with E-state index in [1.807, 2.05) is 24.4 Å². The van der Waals surface area contributed by atoms with E-state index in [-0.39, 0.29) is 12.0 Å². The Morgan fingerprint density at radius 3 is 2.62 bits per heavy atom. The molecule has 0 unspecified atom stereocenters. The SMILES string of the molecule is COC(=O)Cc1[nH]n(-c2ccc(F)cc2)c(=O)c1C(C)=NCCc1c[nH]c2ccc(OC)cc12. The molecule has 2 N–H and O–H groups in total. The third-order valence-electron chi connectivity index (χ3n) is 5.67. The van der Waals surface area contributed by atoms with Crippen LogP contribution >= 0.6 is 0 Å². The van der Waals surface area contributed by atoms with Crippen molar-refractivity contribution in [2.24, 2.45) is 4.99 Å². The van der Waals surface area contributed by atoms with Crippen LogP contribution in [0.15, 0.2) is 58.4 Å². The summed E-state index contributed by atoms with van der Waals surface area (Å²) in [6.45, 7) is 2.17. The third kappa shape index (κ3) is 4.63. The van der Waals surface area contributed by atoms with Crippen LogP contribution in [0.4, 0.5) is 4.39 Å². The zero-order chi connectivity index (χ0) is 24.2. The Labute approximate surface area is 195 Å². The van der Waals surface area contributed by atoms with E-state index in [9.17, 15) is 14.0 Å². The molecular weight excluding hydrogens is 439 g/mol. The predicted molar refractivity (Wildman–Crippen MR) is 128 cm³/mol. The molecule has 0 bridgehead atoms. The minimum atomic E-state index is -0.491. The second-order valence-electron chi connectivity index (χ2n) is 7.78. The number of rotatable bonds is 8. The number of nitrogens with one attached hydrogen (secondary N) is 2. The molecule has 0 saturated carbocycles. The van der Waals surface area contributed by atoms with Gasteiger partial charge in [0, 0.05) is 29.4 Å². The Kier molecular flexibility index (Phi) is 6.62. The van der Waals surface area contributed by atoms with E-state index in [0.29, 0.717) is 35.6 Å². The van der Waals surface area contributed by atoms with Gasteiger partial charge in [-0.05, 0) is 61.4 Å². The molecule has 4 aromatic rings. The lowest BCUT2D eigenvalue weighted by Gasteiger charge is -2.03. The van der Waals surface area contributed by atoms with Crippen molar-refractivity contribution in [2.75, 3.05) is 20.8 Å². The summed E-state index contributed by atoms with van der Waals surface area (Å²) in [5.74, 6) is -0.130. The van der Waals surface area contributed by atoms with Crippen LogP contribution in [0.25, 0.3) is 16.6 Å². The van der Waals surface area contributed by atoms with Crippen LogP contribution in [0.3, 0.4) is 0 Å². The van der Waals surface area contributed by atoms with E-state index < -0.39 is 11.8 Å². The Morgan fingerprint density at radius 2 is 1.91 bits per heavy atom. The molecule has 0 aliphatic rings. The number of carbonyl (C=O) groups is 1. The highest BCUT2D eigenvalue weighted by atomic mass is 19.1. The van der Waals surface area contributed by atoms with Crippen LogP contribution in [0.1, 0.15) is 23.7 Å². The average Bonchev–Trinajstić information content (AvgIpc) is 3.39. The molecule has 0 amide bonds. The Bertz CT molecular complexity index is 1410. The number of hydrogen-bond donors (Lipinski definition) is 2. The van der Waals surface area contributed by atoms with Gasteiger partial charge >= 0.3 is 5.97 Å². The highest BCUT2D eigenvalue weighted by molar-refractivity contribution is 6.00. The van der Waals surface area contributed by atoms with Crippen molar-refractivity contribution >= 4 is 22.6 Å². The van der Waals surface area contributed by atoms with Crippen LogP contribution in [-0.4, -0.2) is 47.2 Å². The lowest BCUT2D eigenvalue weighted by molar-refractivity contribution is -0.139. The van der Waals surface area contributed by atoms with Crippen molar-refractivity contribution in [3.05, 3.63) is 81.7 Å². The molecule has 0 fully saturated rings. The van der Waals surface area contributed by atoms with E-state index in [2.05, 4.69) is 15.1 Å². The lowest BCUT2D eigenvalue weighted by Crippen LogP contribution is -2.20. The number of ether oxygens (including phenoxy) is 2. The number of nitrogens with zero attached hydrogens (tertiary/aromatic N) is 2. The molecule has 0 saturated heterocycles. The Balaban J connectivity index is 1.63. The maximum absolute atomic E-state index is 13.3. The highest BCUT2D eigenvalue weighted by Crippen LogP contribution is 2.24. The molecule has 0 aliphatic carbocycles. The largest absolute Gasteiger partial charge is 0.497 e. The topological polar surface area (TPSA) is 101 Å². The monoisotopic (exact) mass is 464 g/mol. The van der Waals surface area contributed by atoms with Crippen LogP contribution in [0.2, 0.25) is 0 Å². The number of aromatic nitrogens is 3. The number of aliphatic imine (C=N–C) groups is 1. The van der Waals surface area contributed by atoms with Crippen molar-refractivity contribution in [1.29, 1.82) is 0 Å². The maximum Gasteiger partial charge on any atom is 0.311 e. The molecular formula is C25H25FN4O4. The van der Waals surface area contributed by atoms with Crippen molar-refractivity contribution in [3.63, 3.8) is 0 Å². The van der Waals surface area contributed by atoms with E-state index in [0.717, 1.165) is 22.2 Å². The molecule has 176 valence electrons. The summed E-state index contributed by atoms with van der Waals surface area (Å²) >= 11 is 0. The lowest BCUT2D eigenvalue weighted by atomic mass is 10.1. The summed E-state index contributed by atoms with van der Waals surface area (Å²) < 4.78 is 24.7. The number of hydrogen-bond acceptors (Lipinski definition) is 5. The number of benzene rings is 2. The quantitative estimate of drug-likeness (QED) is 0.308. The Morgan fingerprint density at radius 1 is 1.15 bits per heavy atom. The van der Waals surface area contributed by atoms with Gasteiger partial charge in [0.05, 0.1) is 37.6 Å². The standard InChI is InChI=1S/C25H25FN4O4/c1-15(27-11-10-16-14-28-21-9-8-19(33-2)12-20(16)21)24-22(13-23(31)34-3)29-30(25(24)32)18-6-4-17(26)5-7-18/h4-9,12,14,28-29H,10-11,13H2,1-3H3. The number of methoxy groups -OCH3 is 2. The zero-order valence-corrected chi connectivity index (χ0v) is 19.1. The van der Waals surface area contributed by atoms with E-state index in [4.69, 9.17) is 9.47 Å². The molecule has 34 heavy (non-hydrogen) atoms. The minimum absolute atomic E-state index is 0.121. The number of H-pyrrole nitrogens is 2. The molecule has 2 aromatic heterocycles. The second kappa shape index (κ2) is 9.78. The number of carbonyl (C=O) groups excluding carboxylic acids is 1. The highest BCUT2D eigenvalue weighted by Gasteiger charge is 2.20. The predicted octanol–water partition coefficient (Wildman–Crippen LogP) is 3.56. The molecule has 0 spiro atoms. The first kappa shape index (κ1) is 23.0. The van der Waals surface area contributed by atoms with Gasteiger partial charge in [-0.2, -0.15) is 0 Å². The maximum atomic E-state index is 13.3. The van der Waals surface area contributed by atoms with Crippen molar-refractivity contribution in [1.82, 2.24) is 14.8 Å². The van der Waals surface area contributed by atoms with Gasteiger partial charge in [0.15, 0.2) is 0 Å². The fraction of sp³-hybridized carbons (Fsp3) is 0.240. The van der Waals surface area contributed by atoms with E-state index in [1.54, 1.807) is 14.0 Å². The molecule has 0 radical (unpaired) electrons. The van der Waals surface area contributed by atoms with Gasteiger partial charge in [-0.1, -0.05) is 0 Å². The minimum Gasteiger partial charge on any atom is -0.497 e. The summed E-state index contributed by atoms with van der Waals surface area (Å²) in [5, 5.41) is 4.01. The summed E-state index contributed by atoms with van der Waals surface area (Å²) in [6, 6.07) is 11.3. The number of aromatic amines is 2. The van der Waals surface area contributed by atoms with Crippen LogP contribution < -0.4 is 10.3 Å². The molecule has 0 aliphatic heterocycles. The van der Waals surface area contributed by atoms with Crippen LogP contribution in [-0.2, 0) is 22.4 Å². The number of halogens is 1. The second-order valence-corrected chi connectivity index (χ2v) is 7.78. The van der Waals surface area contributed by atoms with Crippen LogP contribution in [0.5, 0.6) is 5.75 Å². The first-order valence-corrected chi connectivity index (χ1v) is 10.7. The molecule has 0 atom stereocenters. The third-order valence-corrected chi connectivity index (χ3v) is 5.67. The fourth-order valence-corrected chi connectivity index (χ4v) is 3.89. The van der Waals surface area contributed by atoms with Gasteiger partial charge in [0.1, 0.15) is 11.6 Å². The van der Waals surface area contributed by atoms with Gasteiger partial charge in [0.25, 0.3) is 5.56 Å². The Hall–Kier alpha value is -4.14. The number of esters is 1. The van der Waals surface area contributed by atoms with Gasteiger partial charge in [-0.15, -0.1) is 0 Å². The first-order chi connectivity index (χ1) is 16.4. The van der Waals surface area contributed by atoms with Crippen molar-refractivity contribution in [2.45, 2.75) is 19.8 Å². The smallest absolute Gasteiger partial charge is 0.311 e. The van der Waals surface area contributed by atoms with Crippen LogP contribution in [0, 0.1) is 5.82 Å². The summed E-state index contributed by atoms with van der Waals surface area (Å²) in [6.07, 6.45) is 2.47. The van der Waals surface area contributed by atoms with E-state index >= 15 is 0 Å². The molecule has 2 aromatic carbocycles. The van der Waals surface area contributed by atoms with E-state index in [1.165, 1.54) is 36.1 Å².